The van der Waals surface area contributed by atoms with Gasteiger partial charge >= 0.3 is 0 Å². The third kappa shape index (κ3) is 3.64. The lowest BCUT2D eigenvalue weighted by Crippen LogP contribution is -2.05. The third-order valence-corrected chi connectivity index (χ3v) is 5.27. The molecule has 0 aliphatic carbocycles. The number of hydrogen-bond donors (Lipinski definition) is 0. The Morgan fingerprint density at radius 2 is 1.89 bits per heavy atom. The van der Waals surface area contributed by atoms with Gasteiger partial charge in [-0.15, -0.1) is 11.8 Å². The molecule has 102 valence electrons. The Bertz CT molecular complexity index is 611. The number of rotatable bonds is 4. The number of benzene rings is 1. The highest BCUT2D eigenvalue weighted by molar-refractivity contribution is 8.09. The molecule has 0 aromatic heterocycles. The van der Waals surface area contributed by atoms with Gasteiger partial charge in [0.2, 0.25) is 0 Å². The van der Waals surface area contributed by atoms with E-state index < -0.39 is 9.84 Å². The summed E-state index contributed by atoms with van der Waals surface area (Å²) in [7, 11) is -3.07. The summed E-state index contributed by atoms with van der Waals surface area (Å²) in [5.74, 6) is 1.35. The van der Waals surface area contributed by atoms with Crippen molar-refractivity contribution in [1.29, 1.82) is 0 Å². The maximum atomic E-state index is 11.4. The molecule has 0 atom stereocenters. The van der Waals surface area contributed by atoms with Crippen LogP contribution in [-0.4, -0.2) is 27.0 Å². The lowest BCUT2D eigenvalue weighted by molar-refractivity contribution is 0.340. The molecular weight excluding hydrogens is 280 g/mol. The van der Waals surface area contributed by atoms with E-state index in [0.29, 0.717) is 17.3 Å². The van der Waals surface area contributed by atoms with E-state index in [-0.39, 0.29) is 0 Å². The van der Waals surface area contributed by atoms with Gasteiger partial charge in [0.25, 0.3) is 0 Å². The Morgan fingerprint density at radius 3 is 2.37 bits per heavy atom. The molecule has 0 saturated heterocycles. The Morgan fingerprint density at radius 1 is 1.21 bits per heavy atom. The summed E-state index contributed by atoms with van der Waals surface area (Å²) in [6.07, 6.45) is 4.80. The second-order valence-electron chi connectivity index (χ2n) is 4.18. The lowest BCUT2D eigenvalue weighted by Gasteiger charge is -2.13. The molecular formula is C14H16O3S2. The minimum absolute atomic E-state index is 0.479. The molecule has 0 fully saturated rings. The maximum absolute atomic E-state index is 11.4. The minimum Gasteiger partial charge on any atom is -0.494 e. The van der Waals surface area contributed by atoms with Gasteiger partial charge in [0, 0.05) is 16.9 Å². The van der Waals surface area contributed by atoms with Crippen LogP contribution in [0.15, 0.2) is 41.3 Å². The molecule has 2 rings (SSSR count). The summed E-state index contributed by atoms with van der Waals surface area (Å²) in [4.78, 5) is 1.56. The van der Waals surface area contributed by atoms with Crippen LogP contribution in [0.5, 0.6) is 5.75 Å². The molecule has 0 unspecified atom stereocenters. The Hall–Kier alpha value is -1.20. The highest BCUT2D eigenvalue weighted by atomic mass is 32.2. The first kappa shape index (κ1) is 14.2. The molecule has 0 bridgehead atoms. The van der Waals surface area contributed by atoms with Crippen molar-refractivity contribution >= 4 is 26.5 Å². The quantitative estimate of drug-likeness (QED) is 0.856. The topological polar surface area (TPSA) is 43.4 Å². The Balaban J connectivity index is 2.20. The standard InChI is InChI=1S/C14H16O3S2/c1-3-17-12-6-4-11(5-7-12)14-9-8-13(10-18-14)19(2,15)16/h4-9H,3,10H2,1-2H3. The van der Waals surface area contributed by atoms with E-state index in [2.05, 4.69) is 0 Å². The summed E-state index contributed by atoms with van der Waals surface area (Å²) in [6, 6.07) is 7.83. The van der Waals surface area contributed by atoms with Crippen LogP contribution in [-0.2, 0) is 9.84 Å². The Kier molecular flexibility index (Phi) is 4.37. The number of ether oxygens (including phenoxy) is 1. The normalized spacial score (nSPS) is 15.7. The summed E-state index contributed by atoms with van der Waals surface area (Å²) < 4.78 is 28.2. The van der Waals surface area contributed by atoms with E-state index >= 15 is 0 Å². The van der Waals surface area contributed by atoms with Crippen LogP contribution < -0.4 is 4.74 Å². The zero-order valence-electron chi connectivity index (χ0n) is 10.9. The molecule has 19 heavy (non-hydrogen) atoms. The van der Waals surface area contributed by atoms with E-state index in [1.54, 1.807) is 17.8 Å². The predicted molar refractivity (Wildman–Crippen MR) is 81.0 cm³/mol. The van der Waals surface area contributed by atoms with Gasteiger partial charge in [0.05, 0.1) is 11.5 Å². The zero-order chi connectivity index (χ0) is 13.9. The maximum Gasteiger partial charge on any atom is 0.172 e. The highest BCUT2D eigenvalue weighted by Gasteiger charge is 2.16. The second-order valence-corrected chi connectivity index (χ2v) is 7.27. The van der Waals surface area contributed by atoms with Gasteiger partial charge in [0.15, 0.2) is 9.84 Å². The molecule has 1 aromatic carbocycles. The van der Waals surface area contributed by atoms with Crippen LogP contribution in [0.3, 0.4) is 0 Å². The van der Waals surface area contributed by atoms with Crippen LogP contribution in [0, 0.1) is 0 Å². The van der Waals surface area contributed by atoms with Crippen molar-refractivity contribution in [3.05, 3.63) is 46.9 Å². The lowest BCUT2D eigenvalue weighted by atomic mass is 10.2. The van der Waals surface area contributed by atoms with E-state index in [1.807, 2.05) is 37.3 Å². The van der Waals surface area contributed by atoms with E-state index in [1.165, 1.54) is 6.26 Å². The van der Waals surface area contributed by atoms with Gasteiger partial charge in [-0.1, -0.05) is 12.1 Å². The monoisotopic (exact) mass is 296 g/mol. The van der Waals surface area contributed by atoms with Crippen molar-refractivity contribution in [2.45, 2.75) is 6.92 Å². The van der Waals surface area contributed by atoms with E-state index in [4.69, 9.17) is 4.74 Å². The van der Waals surface area contributed by atoms with Crippen molar-refractivity contribution in [2.75, 3.05) is 18.6 Å². The number of allylic oxidation sites excluding steroid dienone is 2. The fraction of sp³-hybridized carbons (Fsp3) is 0.286. The first-order valence-corrected chi connectivity index (χ1v) is 8.85. The van der Waals surface area contributed by atoms with Crippen molar-refractivity contribution < 1.29 is 13.2 Å². The van der Waals surface area contributed by atoms with Gasteiger partial charge in [-0.05, 0) is 36.8 Å². The molecule has 0 amide bonds. The predicted octanol–water partition coefficient (Wildman–Crippen LogP) is 3.10. The van der Waals surface area contributed by atoms with Crippen LogP contribution in [0.25, 0.3) is 4.91 Å². The zero-order valence-corrected chi connectivity index (χ0v) is 12.6. The summed E-state index contributed by atoms with van der Waals surface area (Å²) in [6.45, 7) is 2.60. The SMILES string of the molecule is CCOc1ccc(C2=CC=C(S(C)(=O)=O)CS2)cc1. The fourth-order valence-electron chi connectivity index (χ4n) is 1.71. The van der Waals surface area contributed by atoms with E-state index in [0.717, 1.165) is 16.2 Å². The highest BCUT2D eigenvalue weighted by Crippen LogP contribution is 2.34. The fourth-order valence-corrected chi connectivity index (χ4v) is 3.92. The Labute approximate surface area is 118 Å². The molecule has 1 heterocycles. The van der Waals surface area contributed by atoms with Crippen LogP contribution >= 0.6 is 11.8 Å². The van der Waals surface area contributed by atoms with Crippen molar-refractivity contribution in [1.82, 2.24) is 0 Å². The van der Waals surface area contributed by atoms with Crippen molar-refractivity contribution in [3.63, 3.8) is 0 Å². The van der Waals surface area contributed by atoms with Crippen molar-refractivity contribution in [2.24, 2.45) is 0 Å². The molecule has 0 radical (unpaired) electrons. The first-order valence-electron chi connectivity index (χ1n) is 5.97. The molecule has 5 heteroatoms. The van der Waals surface area contributed by atoms with Gasteiger partial charge in [0.1, 0.15) is 5.75 Å². The van der Waals surface area contributed by atoms with Crippen molar-refractivity contribution in [3.8, 4) is 5.75 Å². The summed E-state index contributed by atoms with van der Waals surface area (Å²) in [5.41, 5.74) is 1.08. The molecule has 0 N–H and O–H groups in total. The molecule has 1 aliphatic heterocycles. The minimum atomic E-state index is -3.07. The number of thioether (sulfide) groups is 1. The molecule has 1 aromatic rings. The van der Waals surface area contributed by atoms with Gasteiger partial charge in [-0.25, -0.2) is 8.42 Å². The van der Waals surface area contributed by atoms with E-state index in [9.17, 15) is 8.42 Å². The third-order valence-electron chi connectivity index (χ3n) is 2.72. The molecule has 3 nitrogen and oxygen atoms in total. The summed E-state index contributed by atoms with van der Waals surface area (Å²) >= 11 is 1.54. The summed E-state index contributed by atoms with van der Waals surface area (Å²) in [5, 5.41) is 0. The van der Waals surface area contributed by atoms with Crippen LogP contribution in [0.4, 0.5) is 0 Å². The first-order chi connectivity index (χ1) is 9.00. The van der Waals surface area contributed by atoms with Gasteiger partial charge in [-0.3, -0.25) is 0 Å². The largest absolute Gasteiger partial charge is 0.494 e. The molecule has 1 aliphatic rings. The van der Waals surface area contributed by atoms with Gasteiger partial charge < -0.3 is 4.74 Å². The smallest absolute Gasteiger partial charge is 0.172 e. The second kappa shape index (κ2) is 5.84. The average Bonchev–Trinajstić information content (AvgIpc) is 2.39. The number of hydrogen-bond acceptors (Lipinski definition) is 4. The van der Waals surface area contributed by atoms with Crippen LogP contribution in [0.1, 0.15) is 12.5 Å². The molecule has 0 saturated carbocycles. The molecule has 0 spiro atoms. The van der Waals surface area contributed by atoms with Gasteiger partial charge in [-0.2, -0.15) is 0 Å². The average molecular weight is 296 g/mol. The van der Waals surface area contributed by atoms with Crippen LogP contribution in [0.2, 0.25) is 0 Å². The number of sulfone groups is 1.